The molecule has 7 heteroatoms. The molecule has 1 unspecified atom stereocenters. The predicted octanol–water partition coefficient (Wildman–Crippen LogP) is 4.06. The van der Waals surface area contributed by atoms with Gasteiger partial charge in [-0.1, -0.05) is 6.92 Å². The number of rotatable bonds is 6. The largest absolute Gasteiger partial charge is 0.377 e. The molecule has 0 fully saturated rings. The minimum absolute atomic E-state index is 0.00105. The number of hydrogen-bond acceptors (Lipinski definition) is 5. The predicted molar refractivity (Wildman–Crippen MR) is 97.0 cm³/mol. The number of thiophene rings is 1. The van der Waals surface area contributed by atoms with Crippen LogP contribution < -0.4 is 10.6 Å². The molecule has 0 bridgehead atoms. The molecular formula is C17H21N3O3S. The third-order valence-corrected chi connectivity index (χ3v) is 5.41. The normalized spacial score (nSPS) is 11.8. The second kappa shape index (κ2) is 7.44. The van der Waals surface area contributed by atoms with Crippen molar-refractivity contribution in [2.75, 3.05) is 12.4 Å². The Morgan fingerprint density at radius 3 is 2.62 bits per heavy atom. The van der Waals surface area contributed by atoms with Crippen LogP contribution in [0.3, 0.4) is 0 Å². The Kier molecular flexibility index (Phi) is 5.56. The molecule has 0 saturated carbocycles. The maximum atomic E-state index is 12.1. The van der Waals surface area contributed by atoms with E-state index in [1.54, 1.807) is 17.4 Å². The molecule has 2 aromatic rings. The molecule has 2 N–H and O–H groups in total. The molecule has 1 amide bonds. The van der Waals surface area contributed by atoms with Crippen molar-refractivity contribution in [3.63, 3.8) is 0 Å². The monoisotopic (exact) mass is 347 g/mol. The smallest absolute Gasteiger partial charge is 0.270 e. The number of amides is 1. The number of anilines is 1. The van der Waals surface area contributed by atoms with E-state index in [9.17, 15) is 14.9 Å². The van der Waals surface area contributed by atoms with E-state index >= 15 is 0 Å². The summed E-state index contributed by atoms with van der Waals surface area (Å²) < 4.78 is 0. The number of aryl methyl sites for hydroxylation is 2. The number of non-ortho nitro benzene ring substituents is 1. The molecule has 24 heavy (non-hydrogen) atoms. The number of hydrogen-bond donors (Lipinski definition) is 2. The Morgan fingerprint density at radius 2 is 2.08 bits per heavy atom. The quantitative estimate of drug-likeness (QED) is 0.609. The van der Waals surface area contributed by atoms with E-state index in [0.717, 1.165) is 6.42 Å². The Labute approximate surface area is 145 Å². The van der Waals surface area contributed by atoms with Crippen LogP contribution in [0, 0.1) is 17.0 Å². The van der Waals surface area contributed by atoms with Gasteiger partial charge in [0.05, 0.1) is 16.5 Å². The van der Waals surface area contributed by atoms with Gasteiger partial charge in [-0.25, -0.2) is 0 Å². The summed E-state index contributed by atoms with van der Waals surface area (Å²) in [6.07, 6.45) is 0.990. The molecule has 0 aliphatic rings. The highest BCUT2D eigenvalue weighted by Crippen LogP contribution is 2.31. The summed E-state index contributed by atoms with van der Waals surface area (Å²) in [5.41, 5.74) is 2.01. The number of carbonyl (C=O) groups is 1. The first-order chi connectivity index (χ1) is 11.4. The fraction of sp³-hybridized carbons (Fsp3) is 0.353. The SMILES string of the molecule is CCc1sc(C(C)Nc2ccc([N+](=O)[O-])cc2C(=O)NC)cc1C. The topological polar surface area (TPSA) is 84.3 Å². The first kappa shape index (κ1) is 17.9. The summed E-state index contributed by atoms with van der Waals surface area (Å²) >= 11 is 1.74. The molecule has 0 spiro atoms. The van der Waals surface area contributed by atoms with Crippen molar-refractivity contribution in [1.29, 1.82) is 0 Å². The molecule has 1 heterocycles. The van der Waals surface area contributed by atoms with Crippen molar-refractivity contribution in [1.82, 2.24) is 5.32 Å². The van der Waals surface area contributed by atoms with Crippen LogP contribution in [0.2, 0.25) is 0 Å². The van der Waals surface area contributed by atoms with E-state index in [-0.39, 0.29) is 23.2 Å². The van der Waals surface area contributed by atoms with E-state index < -0.39 is 4.92 Å². The minimum atomic E-state index is -0.504. The Bertz CT molecular complexity index is 770. The van der Waals surface area contributed by atoms with Crippen LogP contribution in [0.5, 0.6) is 0 Å². The number of nitrogens with one attached hydrogen (secondary N) is 2. The number of carbonyl (C=O) groups excluding carboxylic acids is 1. The Balaban J connectivity index is 2.33. The van der Waals surface area contributed by atoms with Crippen LogP contribution in [0.4, 0.5) is 11.4 Å². The number of nitro benzene ring substituents is 1. The van der Waals surface area contributed by atoms with Crippen LogP contribution in [0.25, 0.3) is 0 Å². The molecule has 6 nitrogen and oxygen atoms in total. The molecule has 2 rings (SSSR count). The van der Waals surface area contributed by atoms with Gasteiger partial charge in [0.25, 0.3) is 11.6 Å². The third-order valence-electron chi connectivity index (χ3n) is 3.85. The van der Waals surface area contributed by atoms with E-state index in [0.29, 0.717) is 5.69 Å². The van der Waals surface area contributed by atoms with Crippen LogP contribution in [-0.4, -0.2) is 17.9 Å². The molecular weight excluding hydrogens is 326 g/mol. The standard InChI is InChI=1S/C17H21N3O3S/c1-5-15-10(2)8-16(24-15)11(3)19-14-7-6-12(20(22)23)9-13(14)17(21)18-4/h6-9,11,19H,5H2,1-4H3,(H,18,21). The van der Waals surface area contributed by atoms with Gasteiger partial charge >= 0.3 is 0 Å². The Hall–Kier alpha value is -2.41. The second-order valence-electron chi connectivity index (χ2n) is 5.54. The number of nitro groups is 1. The summed E-state index contributed by atoms with van der Waals surface area (Å²) in [5, 5.41) is 16.8. The fourth-order valence-electron chi connectivity index (χ4n) is 2.51. The third kappa shape index (κ3) is 3.73. The van der Waals surface area contributed by atoms with E-state index in [4.69, 9.17) is 0 Å². The van der Waals surface area contributed by atoms with Gasteiger partial charge in [0.1, 0.15) is 0 Å². The van der Waals surface area contributed by atoms with Crippen LogP contribution in [0.15, 0.2) is 24.3 Å². The fourth-order valence-corrected chi connectivity index (χ4v) is 3.63. The van der Waals surface area contributed by atoms with Gasteiger partial charge in [-0.3, -0.25) is 14.9 Å². The first-order valence-corrected chi connectivity index (χ1v) is 8.55. The van der Waals surface area contributed by atoms with Crippen molar-refractivity contribution in [2.24, 2.45) is 0 Å². The van der Waals surface area contributed by atoms with Gasteiger partial charge in [-0.2, -0.15) is 0 Å². The maximum absolute atomic E-state index is 12.1. The molecule has 0 aliphatic carbocycles. The highest BCUT2D eigenvalue weighted by molar-refractivity contribution is 7.12. The molecule has 1 aromatic carbocycles. The van der Waals surface area contributed by atoms with Gasteiger partial charge in [0.15, 0.2) is 0 Å². The molecule has 128 valence electrons. The molecule has 1 atom stereocenters. The van der Waals surface area contributed by atoms with Crippen molar-refractivity contribution < 1.29 is 9.72 Å². The summed E-state index contributed by atoms with van der Waals surface area (Å²) in [6, 6.07) is 6.43. The van der Waals surface area contributed by atoms with Crippen molar-refractivity contribution >= 4 is 28.6 Å². The molecule has 0 aliphatic heterocycles. The van der Waals surface area contributed by atoms with Crippen LogP contribution in [0.1, 0.15) is 45.6 Å². The Morgan fingerprint density at radius 1 is 1.38 bits per heavy atom. The lowest BCUT2D eigenvalue weighted by Crippen LogP contribution is -2.20. The zero-order chi connectivity index (χ0) is 17.9. The lowest BCUT2D eigenvalue weighted by molar-refractivity contribution is -0.384. The summed E-state index contributed by atoms with van der Waals surface area (Å²) in [7, 11) is 1.50. The molecule has 1 aromatic heterocycles. The van der Waals surface area contributed by atoms with Crippen LogP contribution in [-0.2, 0) is 6.42 Å². The highest BCUT2D eigenvalue weighted by atomic mass is 32.1. The van der Waals surface area contributed by atoms with E-state index in [1.165, 1.54) is 34.5 Å². The van der Waals surface area contributed by atoms with Crippen molar-refractivity contribution in [2.45, 2.75) is 33.2 Å². The van der Waals surface area contributed by atoms with Crippen LogP contribution >= 0.6 is 11.3 Å². The number of nitrogens with zero attached hydrogens (tertiary/aromatic N) is 1. The van der Waals surface area contributed by atoms with Crippen molar-refractivity contribution in [3.05, 3.63) is 55.3 Å². The van der Waals surface area contributed by atoms with E-state index in [1.807, 2.05) is 6.92 Å². The second-order valence-corrected chi connectivity index (χ2v) is 6.71. The van der Waals surface area contributed by atoms with Gasteiger partial charge in [0.2, 0.25) is 0 Å². The van der Waals surface area contributed by atoms with Gasteiger partial charge in [-0.05, 0) is 38.0 Å². The van der Waals surface area contributed by atoms with Gasteiger partial charge in [0, 0.05) is 34.6 Å². The van der Waals surface area contributed by atoms with Crippen molar-refractivity contribution in [3.8, 4) is 0 Å². The van der Waals surface area contributed by atoms with Gasteiger partial charge in [-0.15, -0.1) is 11.3 Å². The lowest BCUT2D eigenvalue weighted by atomic mass is 10.1. The lowest BCUT2D eigenvalue weighted by Gasteiger charge is -2.16. The molecule has 0 saturated heterocycles. The summed E-state index contributed by atoms with van der Waals surface area (Å²) in [4.78, 5) is 25.0. The number of benzene rings is 1. The zero-order valence-corrected chi connectivity index (χ0v) is 15.0. The van der Waals surface area contributed by atoms with Gasteiger partial charge < -0.3 is 10.6 Å². The zero-order valence-electron chi connectivity index (χ0n) is 14.2. The average molecular weight is 347 g/mol. The summed E-state index contributed by atoms with van der Waals surface area (Å²) in [6.45, 7) is 6.23. The maximum Gasteiger partial charge on any atom is 0.270 e. The average Bonchev–Trinajstić information content (AvgIpc) is 2.95. The van der Waals surface area contributed by atoms with E-state index in [2.05, 4.69) is 30.5 Å². The minimum Gasteiger partial charge on any atom is -0.377 e. The first-order valence-electron chi connectivity index (χ1n) is 7.73. The summed E-state index contributed by atoms with van der Waals surface area (Å²) in [5.74, 6) is -0.356. The highest BCUT2D eigenvalue weighted by Gasteiger charge is 2.18. The molecule has 0 radical (unpaired) electrons.